The van der Waals surface area contributed by atoms with Gasteiger partial charge in [-0.1, -0.05) is 0 Å². The van der Waals surface area contributed by atoms with Crippen LogP contribution in [0.5, 0.6) is 0 Å². The van der Waals surface area contributed by atoms with E-state index in [2.05, 4.69) is 15.1 Å². The topological polar surface area (TPSA) is 71.2 Å². The fourth-order valence-electron chi connectivity index (χ4n) is 2.19. The predicted molar refractivity (Wildman–Crippen MR) is 56.6 cm³/mol. The summed E-state index contributed by atoms with van der Waals surface area (Å²) in [7, 11) is 1.89. The number of hydrogen-bond donors (Lipinski definition) is 1. The first kappa shape index (κ1) is 11.1. The summed E-state index contributed by atoms with van der Waals surface area (Å²) in [6.07, 6.45) is 2.37. The van der Waals surface area contributed by atoms with Crippen molar-refractivity contribution >= 4 is 5.97 Å². The molecule has 1 aromatic heterocycles. The molecule has 1 aromatic rings. The lowest BCUT2D eigenvalue weighted by atomic mass is 10.0. The molecule has 6 heteroatoms. The summed E-state index contributed by atoms with van der Waals surface area (Å²) in [4.78, 5) is 13.1. The fraction of sp³-hybridized carbons (Fsp3) is 0.700. The molecule has 1 aliphatic rings. The number of nitrogens with zero attached hydrogens (tertiary/aromatic N) is 4. The van der Waals surface area contributed by atoms with E-state index in [0.29, 0.717) is 13.0 Å². The molecule has 1 aliphatic heterocycles. The molecule has 2 atom stereocenters. The normalized spacial score (nSPS) is 26.1. The Morgan fingerprint density at radius 2 is 2.44 bits per heavy atom. The monoisotopic (exact) mass is 224 g/mol. The van der Waals surface area contributed by atoms with Crippen LogP contribution < -0.4 is 0 Å². The first-order valence-electron chi connectivity index (χ1n) is 5.39. The average Bonchev–Trinajstić information content (AvgIpc) is 2.76. The van der Waals surface area contributed by atoms with Crippen LogP contribution in [0.1, 0.15) is 19.2 Å². The molecule has 0 bridgehead atoms. The van der Waals surface area contributed by atoms with Gasteiger partial charge in [0.15, 0.2) is 0 Å². The van der Waals surface area contributed by atoms with E-state index in [0.717, 1.165) is 12.4 Å². The number of aryl methyl sites for hydroxylation is 1. The van der Waals surface area contributed by atoms with Crippen molar-refractivity contribution in [2.45, 2.75) is 25.9 Å². The summed E-state index contributed by atoms with van der Waals surface area (Å²) >= 11 is 0. The number of carbonyl (C=O) groups is 1. The van der Waals surface area contributed by atoms with Gasteiger partial charge in [0.05, 0.1) is 12.5 Å². The molecule has 16 heavy (non-hydrogen) atoms. The summed E-state index contributed by atoms with van der Waals surface area (Å²) in [5, 5.41) is 16.8. The van der Waals surface area contributed by atoms with Gasteiger partial charge in [-0.25, -0.2) is 0 Å². The van der Waals surface area contributed by atoms with E-state index in [1.165, 1.54) is 0 Å². The predicted octanol–water partition coefficient (Wildman–Crippen LogP) is 0.110. The van der Waals surface area contributed by atoms with Crippen LogP contribution in [0.2, 0.25) is 0 Å². The molecule has 0 saturated carbocycles. The van der Waals surface area contributed by atoms with E-state index in [9.17, 15) is 4.79 Å². The van der Waals surface area contributed by atoms with Crippen LogP contribution in [0.4, 0.5) is 0 Å². The quantitative estimate of drug-likeness (QED) is 0.789. The van der Waals surface area contributed by atoms with Gasteiger partial charge in [0.25, 0.3) is 0 Å². The number of rotatable bonds is 3. The lowest BCUT2D eigenvalue weighted by Crippen LogP contribution is -2.33. The van der Waals surface area contributed by atoms with E-state index in [1.54, 1.807) is 6.33 Å². The van der Waals surface area contributed by atoms with Crippen molar-refractivity contribution in [3.05, 3.63) is 12.2 Å². The molecule has 2 rings (SSSR count). The molecule has 0 aromatic carbocycles. The van der Waals surface area contributed by atoms with Gasteiger partial charge >= 0.3 is 5.97 Å². The summed E-state index contributed by atoms with van der Waals surface area (Å²) in [5.41, 5.74) is 0. The van der Waals surface area contributed by atoms with Crippen molar-refractivity contribution in [3.8, 4) is 0 Å². The molecule has 0 amide bonds. The van der Waals surface area contributed by atoms with Crippen LogP contribution >= 0.6 is 0 Å². The molecular weight excluding hydrogens is 208 g/mol. The first-order valence-corrected chi connectivity index (χ1v) is 5.39. The average molecular weight is 224 g/mol. The van der Waals surface area contributed by atoms with Gasteiger partial charge in [-0.05, 0) is 19.9 Å². The Morgan fingerprint density at radius 3 is 2.94 bits per heavy atom. The van der Waals surface area contributed by atoms with Crippen LogP contribution in [0.15, 0.2) is 6.33 Å². The Kier molecular flexibility index (Phi) is 2.91. The second-order valence-electron chi connectivity index (χ2n) is 4.30. The minimum Gasteiger partial charge on any atom is -0.481 e. The van der Waals surface area contributed by atoms with E-state index >= 15 is 0 Å². The number of hydrogen-bond acceptors (Lipinski definition) is 4. The summed E-state index contributed by atoms with van der Waals surface area (Å²) < 4.78 is 1.86. The molecule has 1 saturated heterocycles. The van der Waals surface area contributed by atoms with Crippen molar-refractivity contribution in [3.63, 3.8) is 0 Å². The maximum Gasteiger partial charge on any atom is 0.308 e. The highest BCUT2D eigenvalue weighted by Gasteiger charge is 2.35. The van der Waals surface area contributed by atoms with Crippen molar-refractivity contribution in [1.29, 1.82) is 0 Å². The number of carboxylic acid groups (broad SMARTS) is 1. The Balaban J connectivity index is 2.03. The Morgan fingerprint density at radius 1 is 1.69 bits per heavy atom. The largest absolute Gasteiger partial charge is 0.481 e. The molecular formula is C10H16N4O2. The zero-order chi connectivity index (χ0) is 11.7. The van der Waals surface area contributed by atoms with Gasteiger partial charge in [-0.3, -0.25) is 9.69 Å². The summed E-state index contributed by atoms with van der Waals surface area (Å²) in [6, 6.07) is 0.0641. The highest BCUT2D eigenvalue weighted by Crippen LogP contribution is 2.25. The van der Waals surface area contributed by atoms with Gasteiger partial charge in [0, 0.05) is 13.1 Å². The maximum atomic E-state index is 11.0. The molecule has 1 fully saturated rings. The first-order chi connectivity index (χ1) is 7.59. The van der Waals surface area contributed by atoms with Crippen LogP contribution in [0.25, 0.3) is 0 Å². The van der Waals surface area contributed by atoms with Crippen LogP contribution in [0.3, 0.4) is 0 Å². The third-order valence-corrected chi connectivity index (χ3v) is 3.35. The van der Waals surface area contributed by atoms with Crippen molar-refractivity contribution in [2.24, 2.45) is 13.0 Å². The number of carboxylic acids is 1. The minimum absolute atomic E-state index is 0.0641. The van der Waals surface area contributed by atoms with Crippen molar-refractivity contribution < 1.29 is 9.90 Å². The second kappa shape index (κ2) is 4.21. The van der Waals surface area contributed by atoms with Gasteiger partial charge in [-0.15, -0.1) is 10.2 Å². The van der Waals surface area contributed by atoms with E-state index in [4.69, 9.17) is 5.11 Å². The van der Waals surface area contributed by atoms with Crippen molar-refractivity contribution in [1.82, 2.24) is 19.7 Å². The number of aromatic nitrogens is 3. The standard InChI is InChI=1S/C10H16N4O2/c1-7-8(10(15)16)3-4-14(7)5-9-12-11-6-13(9)2/h6-8H,3-5H2,1-2H3,(H,15,16). The third-order valence-electron chi connectivity index (χ3n) is 3.35. The Labute approximate surface area is 93.9 Å². The van der Waals surface area contributed by atoms with Crippen LogP contribution in [0, 0.1) is 5.92 Å². The van der Waals surface area contributed by atoms with Gasteiger partial charge in [-0.2, -0.15) is 0 Å². The van der Waals surface area contributed by atoms with Gasteiger partial charge < -0.3 is 9.67 Å². The highest BCUT2D eigenvalue weighted by molar-refractivity contribution is 5.71. The molecule has 1 N–H and O–H groups in total. The minimum atomic E-state index is -0.701. The number of aliphatic carboxylic acids is 1. The summed E-state index contributed by atoms with van der Waals surface area (Å²) in [5.74, 6) is -0.0842. The molecule has 6 nitrogen and oxygen atoms in total. The molecule has 2 heterocycles. The third kappa shape index (κ3) is 1.92. The van der Waals surface area contributed by atoms with Gasteiger partial charge in [0.1, 0.15) is 12.2 Å². The van der Waals surface area contributed by atoms with E-state index in [-0.39, 0.29) is 12.0 Å². The Bertz CT molecular complexity index is 390. The lowest BCUT2D eigenvalue weighted by molar-refractivity contribution is -0.142. The fourth-order valence-corrected chi connectivity index (χ4v) is 2.19. The zero-order valence-electron chi connectivity index (χ0n) is 9.50. The lowest BCUT2D eigenvalue weighted by Gasteiger charge is -2.22. The van der Waals surface area contributed by atoms with E-state index < -0.39 is 5.97 Å². The van der Waals surface area contributed by atoms with Gasteiger partial charge in [0.2, 0.25) is 0 Å². The molecule has 0 spiro atoms. The molecule has 0 aliphatic carbocycles. The second-order valence-corrected chi connectivity index (χ2v) is 4.30. The van der Waals surface area contributed by atoms with Crippen LogP contribution in [-0.4, -0.2) is 43.3 Å². The Hall–Kier alpha value is -1.43. The number of likely N-dealkylation sites (tertiary alicyclic amines) is 1. The summed E-state index contributed by atoms with van der Waals surface area (Å²) in [6.45, 7) is 3.44. The molecule has 0 radical (unpaired) electrons. The maximum absolute atomic E-state index is 11.0. The van der Waals surface area contributed by atoms with Crippen LogP contribution in [-0.2, 0) is 18.4 Å². The smallest absolute Gasteiger partial charge is 0.308 e. The van der Waals surface area contributed by atoms with Crippen molar-refractivity contribution in [2.75, 3.05) is 6.54 Å². The SMILES string of the molecule is CC1C(C(=O)O)CCN1Cc1nncn1C. The highest BCUT2D eigenvalue weighted by atomic mass is 16.4. The van der Waals surface area contributed by atoms with E-state index in [1.807, 2.05) is 18.5 Å². The molecule has 88 valence electrons. The zero-order valence-corrected chi connectivity index (χ0v) is 9.50. The molecule has 2 unspecified atom stereocenters.